The summed E-state index contributed by atoms with van der Waals surface area (Å²) in [5.41, 5.74) is 3.04. The highest BCUT2D eigenvalue weighted by Crippen LogP contribution is 2.37. The van der Waals surface area contributed by atoms with E-state index in [2.05, 4.69) is 45.5 Å². The fraction of sp³-hybridized carbons (Fsp3) is 0.350. The molecule has 4 rings (SSSR count). The number of nitriles is 1. The number of rotatable bonds is 5. The van der Waals surface area contributed by atoms with Crippen molar-refractivity contribution in [3.05, 3.63) is 51.9 Å². The average molecular weight is 429 g/mol. The van der Waals surface area contributed by atoms with Crippen molar-refractivity contribution in [1.29, 1.82) is 5.26 Å². The largest absolute Gasteiger partial charge is 0.316 e. The number of amides is 1. The molecule has 1 aromatic carbocycles. The molecule has 0 fully saturated rings. The van der Waals surface area contributed by atoms with Crippen LogP contribution in [0.15, 0.2) is 35.3 Å². The number of thioether (sulfide) groups is 2. The van der Waals surface area contributed by atoms with Crippen LogP contribution in [0.5, 0.6) is 0 Å². The van der Waals surface area contributed by atoms with Crippen LogP contribution in [0, 0.1) is 11.3 Å². The molecular weight excluding hydrogens is 408 g/mol. The van der Waals surface area contributed by atoms with E-state index in [9.17, 15) is 10.1 Å². The summed E-state index contributed by atoms with van der Waals surface area (Å²) >= 11 is 4.72. The second kappa shape index (κ2) is 9.14. The highest BCUT2D eigenvalue weighted by Gasteiger charge is 2.25. The van der Waals surface area contributed by atoms with Gasteiger partial charge in [-0.15, -0.1) is 11.3 Å². The van der Waals surface area contributed by atoms with Crippen LogP contribution in [0.1, 0.15) is 21.6 Å². The van der Waals surface area contributed by atoms with E-state index in [1.54, 1.807) is 23.1 Å². The average Bonchev–Trinajstić information content (AvgIpc) is 3.34. The van der Waals surface area contributed by atoms with Gasteiger partial charge in [0.05, 0.1) is 17.9 Å². The van der Waals surface area contributed by atoms with E-state index >= 15 is 0 Å². The zero-order valence-corrected chi connectivity index (χ0v) is 17.8. The normalized spacial score (nSPS) is 16.3. The Morgan fingerprint density at radius 2 is 2.21 bits per heavy atom. The number of nitrogens with zero attached hydrogens (tertiary/aromatic N) is 3. The van der Waals surface area contributed by atoms with E-state index < -0.39 is 0 Å². The summed E-state index contributed by atoms with van der Waals surface area (Å²) in [5.74, 6) is 1.26. The highest BCUT2D eigenvalue weighted by atomic mass is 32.2. The second-order valence-electron chi connectivity index (χ2n) is 6.60. The molecule has 0 atom stereocenters. The van der Waals surface area contributed by atoms with Gasteiger partial charge in [0, 0.05) is 30.3 Å². The lowest BCUT2D eigenvalue weighted by atomic mass is 10.0. The molecule has 2 aliphatic rings. The molecule has 144 valence electrons. The van der Waals surface area contributed by atoms with E-state index in [0.29, 0.717) is 16.3 Å². The molecular formula is C20H20N4OS3. The van der Waals surface area contributed by atoms with Crippen LogP contribution in [0.4, 0.5) is 5.00 Å². The van der Waals surface area contributed by atoms with E-state index in [0.717, 1.165) is 48.3 Å². The Bertz CT molecular complexity index is 933. The number of fused-ring (bicyclic) bond motifs is 1. The highest BCUT2D eigenvalue weighted by molar-refractivity contribution is 8.39. The van der Waals surface area contributed by atoms with E-state index in [1.165, 1.54) is 22.2 Å². The van der Waals surface area contributed by atoms with Gasteiger partial charge in [-0.1, -0.05) is 53.9 Å². The Labute approximate surface area is 177 Å². The minimum atomic E-state index is -0.0727. The van der Waals surface area contributed by atoms with Crippen molar-refractivity contribution in [2.45, 2.75) is 19.5 Å². The lowest BCUT2D eigenvalue weighted by Crippen LogP contribution is -2.29. The number of thiophene rings is 1. The maximum atomic E-state index is 12.3. The van der Waals surface area contributed by atoms with Crippen molar-refractivity contribution in [3.8, 4) is 6.07 Å². The van der Waals surface area contributed by atoms with Gasteiger partial charge >= 0.3 is 0 Å². The number of hydrogen-bond acceptors (Lipinski definition) is 7. The van der Waals surface area contributed by atoms with Gasteiger partial charge in [0.2, 0.25) is 5.91 Å². The fourth-order valence-electron chi connectivity index (χ4n) is 3.33. The summed E-state index contributed by atoms with van der Waals surface area (Å²) in [5, 5.41) is 13.3. The predicted octanol–water partition coefficient (Wildman–Crippen LogP) is 3.95. The number of carbonyl (C=O) groups excluding carboxylic acids is 1. The molecule has 0 spiro atoms. The van der Waals surface area contributed by atoms with E-state index in [-0.39, 0.29) is 5.91 Å². The zero-order chi connectivity index (χ0) is 19.3. The van der Waals surface area contributed by atoms with Gasteiger partial charge < -0.3 is 5.32 Å². The first-order chi connectivity index (χ1) is 13.7. The van der Waals surface area contributed by atoms with Crippen molar-refractivity contribution in [2.24, 2.45) is 4.99 Å². The summed E-state index contributed by atoms with van der Waals surface area (Å²) < 4.78 is 0.984. The Morgan fingerprint density at radius 1 is 1.36 bits per heavy atom. The number of carbonyl (C=O) groups is 1. The number of benzene rings is 1. The molecule has 1 N–H and O–H groups in total. The minimum absolute atomic E-state index is 0.0727. The molecule has 0 aliphatic carbocycles. The summed E-state index contributed by atoms with van der Waals surface area (Å²) in [6.07, 6.45) is 0.847. The molecule has 0 saturated carbocycles. The molecule has 2 aliphatic heterocycles. The molecule has 1 aromatic heterocycles. The molecule has 5 nitrogen and oxygen atoms in total. The smallest absolute Gasteiger partial charge is 0.235 e. The Kier molecular flexibility index (Phi) is 6.37. The van der Waals surface area contributed by atoms with Gasteiger partial charge in [0.1, 0.15) is 15.4 Å². The third-order valence-corrected chi connectivity index (χ3v) is 8.02. The predicted molar refractivity (Wildman–Crippen MR) is 119 cm³/mol. The Balaban J connectivity index is 1.41. The van der Waals surface area contributed by atoms with Gasteiger partial charge in [-0.2, -0.15) is 5.26 Å². The lowest BCUT2D eigenvalue weighted by molar-refractivity contribution is -0.113. The number of nitrogens with one attached hydrogen (secondary N) is 1. The van der Waals surface area contributed by atoms with Crippen LogP contribution < -0.4 is 5.32 Å². The molecule has 0 bridgehead atoms. The van der Waals surface area contributed by atoms with Crippen LogP contribution >= 0.6 is 34.9 Å². The molecule has 3 heterocycles. The summed E-state index contributed by atoms with van der Waals surface area (Å²) in [6, 6.07) is 12.7. The number of anilines is 1. The third-order valence-electron chi connectivity index (χ3n) is 4.63. The molecule has 8 heteroatoms. The van der Waals surface area contributed by atoms with Crippen molar-refractivity contribution >= 4 is 50.1 Å². The van der Waals surface area contributed by atoms with Crippen molar-refractivity contribution in [1.82, 2.24) is 4.90 Å². The topological polar surface area (TPSA) is 68.5 Å². The van der Waals surface area contributed by atoms with Crippen LogP contribution in [-0.2, 0) is 24.3 Å². The van der Waals surface area contributed by atoms with E-state index in [1.807, 2.05) is 6.07 Å². The zero-order valence-electron chi connectivity index (χ0n) is 15.3. The van der Waals surface area contributed by atoms with Gasteiger partial charge in [0.25, 0.3) is 0 Å². The molecule has 0 radical (unpaired) electrons. The lowest BCUT2D eigenvalue weighted by Gasteiger charge is -2.26. The summed E-state index contributed by atoms with van der Waals surface area (Å²) in [6.45, 7) is 3.48. The van der Waals surface area contributed by atoms with Crippen LogP contribution in [0.25, 0.3) is 0 Å². The first-order valence-electron chi connectivity index (χ1n) is 9.13. The van der Waals surface area contributed by atoms with Crippen molar-refractivity contribution in [3.63, 3.8) is 0 Å². The minimum Gasteiger partial charge on any atom is -0.316 e. The van der Waals surface area contributed by atoms with Crippen molar-refractivity contribution in [2.75, 3.05) is 29.9 Å². The first-order valence-corrected chi connectivity index (χ1v) is 11.9. The van der Waals surface area contributed by atoms with Gasteiger partial charge in [-0.25, -0.2) is 0 Å². The monoisotopic (exact) mass is 428 g/mol. The van der Waals surface area contributed by atoms with Gasteiger partial charge in [-0.05, 0) is 17.5 Å². The van der Waals surface area contributed by atoms with Gasteiger partial charge in [0.15, 0.2) is 0 Å². The summed E-state index contributed by atoms with van der Waals surface area (Å²) in [4.78, 5) is 20.3. The second-order valence-corrected chi connectivity index (χ2v) is 10.0. The molecule has 28 heavy (non-hydrogen) atoms. The fourth-order valence-corrected chi connectivity index (χ4v) is 6.40. The SMILES string of the molecule is N#Cc1c(NC(=O)CSC2=NCCS2)sc2c1CCN(Cc1ccccc1)C2. The van der Waals surface area contributed by atoms with Crippen LogP contribution in [0.3, 0.4) is 0 Å². The Hall–Kier alpha value is -1.79. The van der Waals surface area contributed by atoms with E-state index in [4.69, 9.17) is 0 Å². The number of hydrogen-bond donors (Lipinski definition) is 1. The summed E-state index contributed by atoms with van der Waals surface area (Å²) in [7, 11) is 0. The van der Waals surface area contributed by atoms with Crippen LogP contribution in [0.2, 0.25) is 0 Å². The number of aliphatic imine (C=N–C) groups is 1. The first kappa shape index (κ1) is 19.5. The quantitative estimate of drug-likeness (QED) is 0.781. The van der Waals surface area contributed by atoms with Crippen LogP contribution in [-0.4, -0.2) is 39.8 Å². The maximum absolute atomic E-state index is 12.3. The molecule has 1 amide bonds. The molecule has 2 aromatic rings. The molecule has 0 saturated heterocycles. The van der Waals surface area contributed by atoms with Crippen molar-refractivity contribution < 1.29 is 4.79 Å². The third kappa shape index (κ3) is 4.61. The standard InChI is InChI=1S/C20H20N4OS3/c21-10-16-15-6-8-24(11-14-4-2-1-3-5-14)12-17(15)28-19(16)23-18(25)13-27-20-22-7-9-26-20/h1-5H,6-9,11-13H2,(H,23,25). The Morgan fingerprint density at radius 3 is 2.96 bits per heavy atom. The van der Waals surface area contributed by atoms with Gasteiger partial charge in [-0.3, -0.25) is 14.7 Å². The maximum Gasteiger partial charge on any atom is 0.235 e. The molecule has 0 unspecified atom stereocenters.